The molecule has 1 N–H and O–H groups in total. The van der Waals surface area contributed by atoms with Crippen molar-refractivity contribution >= 4 is 11.6 Å². The molecule has 0 unspecified atom stereocenters. The maximum absolute atomic E-state index is 13.6. The number of benzene rings is 1. The molecular formula is C13H19ClFNO. The zero-order valence-electron chi connectivity index (χ0n) is 10.5. The van der Waals surface area contributed by atoms with Gasteiger partial charge >= 0.3 is 0 Å². The maximum atomic E-state index is 13.6. The Morgan fingerprint density at radius 2 is 2.06 bits per heavy atom. The van der Waals surface area contributed by atoms with Crippen LogP contribution in [0.15, 0.2) is 18.2 Å². The molecule has 0 heterocycles. The molecule has 1 rings (SSSR count). The van der Waals surface area contributed by atoms with Crippen molar-refractivity contribution in [1.82, 2.24) is 4.90 Å². The number of aliphatic hydroxyl groups is 1. The monoisotopic (exact) mass is 259 g/mol. The van der Waals surface area contributed by atoms with Crippen LogP contribution < -0.4 is 0 Å². The van der Waals surface area contributed by atoms with Gasteiger partial charge in [-0.15, -0.1) is 0 Å². The quantitative estimate of drug-likeness (QED) is 0.879. The van der Waals surface area contributed by atoms with Crippen LogP contribution in [-0.4, -0.2) is 28.7 Å². The molecule has 0 aromatic heterocycles. The first-order chi connectivity index (χ1) is 7.83. The summed E-state index contributed by atoms with van der Waals surface area (Å²) in [7, 11) is 0. The van der Waals surface area contributed by atoms with Gasteiger partial charge in [0.25, 0.3) is 0 Å². The Morgan fingerprint density at radius 3 is 2.53 bits per heavy atom. The Hall–Kier alpha value is -0.640. The summed E-state index contributed by atoms with van der Waals surface area (Å²) in [5, 5.41) is 10.2. The first kappa shape index (κ1) is 14.4. The highest BCUT2D eigenvalue weighted by Gasteiger charge is 2.19. The zero-order valence-corrected chi connectivity index (χ0v) is 11.3. The van der Waals surface area contributed by atoms with E-state index in [-0.39, 0.29) is 5.82 Å². The molecule has 2 nitrogen and oxygen atoms in total. The van der Waals surface area contributed by atoms with Gasteiger partial charge in [-0.05, 0) is 32.5 Å². The minimum Gasteiger partial charge on any atom is -0.389 e. The highest BCUT2D eigenvalue weighted by atomic mass is 35.5. The van der Waals surface area contributed by atoms with Crippen LogP contribution >= 0.6 is 11.6 Å². The van der Waals surface area contributed by atoms with Crippen LogP contribution in [0.2, 0.25) is 5.02 Å². The van der Waals surface area contributed by atoms with E-state index in [1.165, 1.54) is 6.07 Å². The second-order valence-corrected chi connectivity index (χ2v) is 5.22. The highest BCUT2D eigenvalue weighted by Crippen LogP contribution is 2.21. The Bertz CT molecular complexity index is 356. The van der Waals surface area contributed by atoms with Gasteiger partial charge in [0.05, 0.1) is 5.60 Å². The molecule has 96 valence electrons. The van der Waals surface area contributed by atoms with Crippen LogP contribution in [0.1, 0.15) is 26.3 Å². The molecule has 17 heavy (non-hydrogen) atoms. The smallest absolute Gasteiger partial charge is 0.129 e. The number of likely N-dealkylation sites (N-methyl/N-ethyl adjacent to an activating group) is 1. The summed E-state index contributed by atoms with van der Waals surface area (Å²) < 4.78 is 13.6. The summed E-state index contributed by atoms with van der Waals surface area (Å²) in [6.07, 6.45) is 0. The largest absolute Gasteiger partial charge is 0.389 e. The molecule has 0 atom stereocenters. The molecule has 0 radical (unpaired) electrons. The number of hydrogen-bond donors (Lipinski definition) is 1. The van der Waals surface area contributed by atoms with Crippen molar-refractivity contribution in [3.05, 3.63) is 34.6 Å². The molecule has 0 fully saturated rings. The molecular weight excluding hydrogens is 241 g/mol. The fourth-order valence-corrected chi connectivity index (χ4v) is 1.96. The summed E-state index contributed by atoms with van der Waals surface area (Å²) in [4.78, 5) is 1.96. The van der Waals surface area contributed by atoms with Crippen molar-refractivity contribution in [2.75, 3.05) is 13.1 Å². The van der Waals surface area contributed by atoms with E-state index in [0.29, 0.717) is 23.7 Å². The van der Waals surface area contributed by atoms with Crippen molar-refractivity contribution in [1.29, 1.82) is 0 Å². The van der Waals surface area contributed by atoms with Gasteiger partial charge in [-0.1, -0.05) is 24.6 Å². The first-order valence-electron chi connectivity index (χ1n) is 5.71. The second kappa shape index (κ2) is 5.80. The van der Waals surface area contributed by atoms with E-state index in [2.05, 4.69) is 0 Å². The molecule has 1 aromatic carbocycles. The van der Waals surface area contributed by atoms with Gasteiger partial charge in [0.1, 0.15) is 5.82 Å². The Kier molecular flexibility index (Phi) is 4.92. The van der Waals surface area contributed by atoms with E-state index in [1.807, 2.05) is 11.8 Å². The van der Waals surface area contributed by atoms with Gasteiger partial charge in [0, 0.05) is 23.7 Å². The summed E-state index contributed by atoms with van der Waals surface area (Å²) in [5.41, 5.74) is -0.312. The van der Waals surface area contributed by atoms with Gasteiger partial charge in [-0.3, -0.25) is 4.90 Å². The van der Waals surface area contributed by atoms with Crippen molar-refractivity contribution < 1.29 is 9.50 Å². The van der Waals surface area contributed by atoms with E-state index in [4.69, 9.17) is 11.6 Å². The van der Waals surface area contributed by atoms with Crippen LogP contribution in [0.25, 0.3) is 0 Å². The van der Waals surface area contributed by atoms with Crippen molar-refractivity contribution in [3.63, 3.8) is 0 Å². The molecule has 0 saturated heterocycles. The minimum absolute atomic E-state index is 0.299. The SMILES string of the molecule is CCN(Cc1c(F)cccc1Cl)CC(C)(C)O. The third kappa shape index (κ3) is 4.62. The van der Waals surface area contributed by atoms with E-state index >= 15 is 0 Å². The number of hydrogen-bond acceptors (Lipinski definition) is 2. The molecule has 0 saturated carbocycles. The topological polar surface area (TPSA) is 23.5 Å². The first-order valence-corrected chi connectivity index (χ1v) is 6.09. The number of rotatable bonds is 5. The van der Waals surface area contributed by atoms with Crippen molar-refractivity contribution in [3.8, 4) is 0 Å². The third-order valence-corrected chi connectivity index (χ3v) is 2.86. The highest BCUT2D eigenvalue weighted by molar-refractivity contribution is 6.31. The van der Waals surface area contributed by atoms with Gasteiger partial charge in [0.2, 0.25) is 0 Å². The van der Waals surface area contributed by atoms with Crippen molar-refractivity contribution in [2.24, 2.45) is 0 Å². The lowest BCUT2D eigenvalue weighted by Gasteiger charge is -2.28. The van der Waals surface area contributed by atoms with E-state index in [0.717, 1.165) is 6.54 Å². The molecule has 0 bridgehead atoms. The number of halogens is 2. The average molecular weight is 260 g/mol. The van der Waals surface area contributed by atoms with Crippen LogP contribution in [0.3, 0.4) is 0 Å². The summed E-state index contributed by atoms with van der Waals surface area (Å²) >= 11 is 5.97. The Morgan fingerprint density at radius 1 is 1.41 bits per heavy atom. The average Bonchev–Trinajstić information content (AvgIpc) is 2.20. The van der Waals surface area contributed by atoms with Crippen LogP contribution in [0.5, 0.6) is 0 Å². The zero-order chi connectivity index (χ0) is 13.1. The van der Waals surface area contributed by atoms with E-state index in [1.54, 1.807) is 26.0 Å². The predicted octanol–water partition coefficient (Wildman–Crippen LogP) is 3.07. The van der Waals surface area contributed by atoms with E-state index < -0.39 is 5.60 Å². The second-order valence-electron chi connectivity index (χ2n) is 4.82. The number of nitrogens with zero attached hydrogens (tertiary/aromatic N) is 1. The summed E-state index contributed by atoms with van der Waals surface area (Å²) in [6.45, 7) is 7.06. The Balaban J connectivity index is 2.81. The third-order valence-electron chi connectivity index (χ3n) is 2.50. The molecule has 0 aliphatic rings. The van der Waals surface area contributed by atoms with Gasteiger partial charge in [0.15, 0.2) is 0 Å². The van der Waals surface area contributed by atoms with Crippen LogP contribution in [-0.2, 0) is 6.54 Å². The summed E-state index contributed by atoms with van der Waals surface area (Å²) in [5.74, 6) is -0.299. The minimum atomic E-state index is -0.798. The lowest BCUT2D eigenvalue weighted by Crippen LogP contribution is -2.38. The fraction of sp³-hybridized carbons (Fsp3) is 0.538. The maximum Gasteiger partial charge on any atom is 0.129 e. The molecule has 0 aliphatic heterocycles. The van der Waals surface area contributed by atoms with Crippen molar-refractivity contribution in [2.45, 2.75) is 32.9 Å². The van der Waals surface area contributed by atoms with Gasteiger partial charge in [-0.2, -0.15) is 0 Å². The normalized spacial score (nSPS) is 12.2. The summed E-state index contributed by atoms with van der Waals surface area (Å²) in [6, 6.07) is 4.67. The molecule has 0 amide bonds. The van der Waals surface area contributed by atoms with Crippen LogP contribution in [0.4, 0.5) is 4.39 Å². The molecule has 1 aromatic rings. The Labute approximate surface area is 107 Å². The lowest BCUT2D eigenvalue weighted by molar-refractivity contribution is 0.0350. The fourth-order valence-electron chi connectivity index (χ4n) is 1.73. The molecule has 0 aliphatic carbocycles. The van der Waals surface area contributed by atoms with Gasteiger partial charge in [-0.25, -0.2) is 4.39 Å². The van der Waals surface area contributed by atoms with E-state index in [9.17, 15) is 9.50 Å². The van der Waals surface area contributed by atoms with Crippen LogP contribution in [0, 0.1) is 5.82 Å². The molecule has 4 heteroatoms. The van der Waals surface area contributed by atoms with Gasteiger partial charge < -0.3 is 5.11 Å². The molecule has 0 spiro atoms. The predicted molar refractivity (Wildman–Crippen MR) is 68.7 cm³/mol. The standard InChI is InChI=1S/C13H19ClFNO/c1-4-16(9-13(2,3)17)8-10-11(14)6-5-7-12(10)15/h5-7,17H,4,8-9H2,1-3H3. The lowest BCUT2D eigenvalue weighted by atomic mass is 10.1.